The monoisotopic (exact) mass is 281 g/mol. The SMILES string of the molecule is CC(CC(=O)N[C@@H]1CCC[C@@H]1C(=O)O)C1CCCCC1. The molecule has 2 aliphatic carbocycles. The molecule has 1 unspecified atom stereocenters. The number of carboxylic acid groups (broad SMARTS) is 1. The van der Waals surface area contributed by atoms with Crippen molar-refractivity contribution in [1.29, 1.82) is 0 Å². The van der Waals surface area contributed by atoms with E-state index in [1.165, 1.54) is 32.1 Å². The number of carboxylic acids is 1. The molecule has 20 heavy (non-hydrogen) atoms. The first-order valence-electron chi connectivity index (χ1n) is 8.10. The van der Waals surface area contributed by atoms with E-state index < -0.39 is 5.97 Å². The van der Waals surface area contributed by atoms with E-state index in [9.17, 15) is 9.59 Å². The summed E-state index contributed by atoms with van der Waals surface area (Å²) in [4.78, 5) is 23.2. The van der Waals surface area contributed by atoms with Crippen molar-refractivity contribution in [3.8, 4) is 0 Å². The molecule has 0 aromatic heterocycles. The number of rotatable bonds is 5. The lowest BCUT2D eigenvalue weighted by Crippen LogP contribution is -2.41. The largest absolute Gasteiger partial charge is 0.481 e. The van der Waals surface area contributed by atoms with Crippen LogP contribution in [0.3, 0.4) is 0 Å². The average Bonchev–Trinajstić information content (AvgIpc) is 2.87. The van der Waals surface area contributed by atoms with Gasteiger partial charge in [-0.2, -0.15) is 0 Å². The maximum Gasteiger partial charge on any atom is 0.308 e. The zero-order chi connectivity index (χ0) is 14.5. The number of hydrogen-bond donors (Lipinski definition) is 2. The van der Waals surface area contributed by atoms with E-state index in [0.717, 1.165) is 12.8 Å². The summed E-state index contributed by atoms with van der Waals surface area (Å²) in [5, 5.41) is 12.1. The summed E-state index contributed by atoms with van der Waals surface area (Å²) in [6.45, 7) is 2.17. The fourth-order valence-corrected chi connectivity index (χ4v) is 3.86. The maximum atomic E-state index is 12.1. The van der Waals surface area contributed by atoms with Crippen LogP contribution in [0.2, 0.25) is 0 Å². The molecule has 4 nitrogen and oxygen atoms in total. The van der Waals surface area contributed by atoms with Gasteiger partial charge >= 0.3 is 5.97 Å². The molecular formula is C16H27NO3. The van der Waals surface area contributed by atoms with Crippen LogP contribution in [0, 0.1) is 17.8 Å². The molecule has 1 amide bonds. The van der Waals surface area contributed by atoms with Crippen molar-refractivity contribution in [3.05, 3.63) is 0 Å². The summed E-state index contributed by atoms with van der Waals surface area (Å²) in [5.74, 6) is -0.0216. The van der Waals surface area contributed by atoms with Gasteiger partial charge in [-0.25, -0.2) is 0 Å². The molecule has 2 fully saturated rings. The first-order chi connectivity index (χ1) is 9.58. The number of carbonyl (C=O) groups is 2. The van der Waals surface area contributed by atoms with Crippen LogP contribution in [0.25, 0.3) is 0 Å². The van der Waals surface area contributed by atoms with Gasteiger partial charge in [0, 0.05) is 12.5 Å². The molecule has 0 aliphatic heterocycles. The van der Waals surface area contributed by atoms with E-state index in [1.54, 1.807) is 0 Å². The fraction of sp³-hybridized carbons (Fsp3) is 0.875. The molecule has 0 spiro atoms. The quantitative estimate of drug-likeness (QED) is 0.814. The number of nitrogens with one attached hydrogen (secondary N) is 1. The highest BCUT2D eigenvalue weighted by Crippen LogP contribution is 2.32. The topological polar surface area (TPSA) is 66.4 Å². The molecule has 2 rings (SSSR count). The molecule has 3 atom stereocenters. The summed E-state index contributed by atoms with van der Waals surface area (Å²) >= 11 is 0. The van der Waals surface area contributed by atoms with Crippen molar-refractivity contribution in [1.82, 2.24) is 5.32 Å². The molecule has 0 saturated heterocycles. The summed E-state index contributed by atoms with van der Waals surface area (Å²) < 4.78 is 0. The van der Waals surface area contributed by atoms with Crippen LogP contribution in [-0.4, -0.2) is 23.0 Å². The molecule has 114 valence electrons. The molecule has 0 heterocycles. The minimum absolute atomic E-state index is 0.0428. The summed E-state index contributed by atoms with van der Waals surface area (Å²) in [6, 6.07) is -0.154. The molecular weight excluding hydrogens is 254 g/mol. The maximum absolute atomic E-state index is 12.1. The molecule has 2 saturated carbocycles. The highest BCUT2D eigenvalue weighted by molar-refractivity contribution is 5.78. The Morgan fingerprint density at radius 2 is 1.80 bits per heavy atom. The van der Waals surface area contributed by atoms with Crippen LogP contribution in [0.4, 0.5) is 0 Å². The van der Waals surface area contributed by atoms with Crippen molar-refractivity contribution in [2.24, 2.45) is 17.8 Å². The van der Waals surface area contributed by atoms with Crippen molar-refractivity contribution < 1.29 is 14.7 Å². The van der Waals surface area contributed by atoms with Crippen LogP contribution in [0.5, 0.6) is 0 Å². The van der Waals surface area contributed by atoms with E-state index in [-0.39, 0.29) is 17.9 Å². The van der Waals surface area contributed by atoms with E-state index in [0.29, 0.717) is 24.7 Å². The van der Waals surface area contributed by atoms with Crippen LogP contribution < -0.4 is 5.32 Å². The van der Waals surface area contributed by atoms with Gasteiger partial charge in [-0.05, 0) is 24.7 Å². The molecule has 0 bridgehead atoms. The Morgan fingerprint density at radius 3 is 2.45 bits per heavy atom. The Balaban J connectivity index is 1.78. The number of aliphatic carboxylic acids is 1. The number of amides is 1. The third-order valence-electron chi connectivity index (χ3n) is 5.14. The average molecular weight is 281 g/mol. The first kappa shape index (κ1) is 15.3. The fourth-order valence-electron chi connectivity index (χ4n) is 3.86. The van der Waals surface area contributed by atoms with Gasteiger partial charge in [-0.1, -0.05) is 45.4 Å². The standard InChI is InChI=1S/C16H27NO3/c1-11(12-6-3-2-4-7-12)10-15(18)17-14-9-5-8-13(14)16(19)20/h11-14H,2-10H2,1H3,(H,17,18)(H,19,20)/t11?,13-,14+/m0/s1. The second-order valence-electron chi connectivity index (χ2n) is 6.63. The molecule has 2 N–H and O–H groups in total. The Hall–Kier alpha value is -1.06. The molecule has 4 heteroatoms. The predicted octanol–water partition coefficient (Wildman–Crippen LogP) is 2.96. The number of hydrogen-bond acceptors (Lipinski definition) is 2. The van der Waals surface area contributed by atoms with Crippen molar-refractivity contribution in [2.75, 3.05) is 0 Å². The lowest BCUT2D eigenvalue weighted by Gasteiger charge is -2.28. The van der Waals surface area contributed by atoms with E-state index in [2.05, 4.69) is 12.2 Å². The minimum Gasteiger partial charge on any atom is -0.481 e. The lowest BCUT2D eigenvalue weighted by atomic mass is 9.79. The third-order valence-corrected chi connectivity index (χ3v) is 5.14. The van der Waals surface area contributed by atoms with Crippen molar-refractivity contribution in [2.45, 2.75) is 70.8 Å². The number of carbonyl (C=O) groups excluding carboxylic acids is 1. The summed E-state index contributed by atoms with van der Waals surface area (Å²) in [5.41, 5.74) is 0. The highest BCUT2D eigenvalue weighted by atomic mass is 16.4. The molecule has 2 aliphatic rings. The smallest absolute Gasteiger partial charge is 0.308 e. The summed E-state index contributed by atoms with van der Waals surface area (Å²) in [6.07, 6.45) is 9.36. The molecule has 0 radical (unpaired) electrons. The van der Waals surface area contributed by atoms with Crippen molar-refractivity contribution in [3.63, 3.8) is 0 Å². The van der Waals surface area contributed by atoms with Gasteiger partial charge in [0.25, 0.3) is 0 Å². The van der Waals surface area contributed by atoms with Gasteiger partial charge in [-0.3, -0.25) is 9.59 Å². The summed E-state index contributed by atoms with van der Waals surface area (Å²) in [7, 11) is 0. The molecule has 0 aromatic carbocycles. The van der Waals surface area contributed by atoms with Gasteiger partial charge in [0.2, 0.25) is 5.91 Å². The van der Waals surface area contributed by atoms with Crippen LogP contribution >= 0.6 is 0 Å². The minimum atomic E-state index is -0.770. The van der Waals surface area contributed by atoms with Gasteiger partial charge in [0.1, 0.15) is 0 Å². The highest BCUT2D eigenvalue weighted by Gasteiger charge is 2.34. The first-order valence-corrected chi connectivity index (χ1v) is 8.10. The van der Waals surface area contributed by atoms with Crippen LogP contribution in [-0.2, 0) is 9.59 Å². The van der Waals surface area contributed by atoms with Crippen molar-refractivity contribution >= 4 is 11.9 Å². The Bertz CT molecular complexity index is 350. The Labute approximate surface area is 121 Å². The third kappa shape index (κ3) is 3.97. The zero-order valence-electron chi connectivity index (χ0n) is 12.4. The van der Waals surface area contributed by atoms with Gasteiger partial charge < -0.3 is 10.4 Å². The Morgan fingerprint density at radius 1 is 1.10 bits per heavy atom. The Kier molecular flexibility index (Phi) is 5.44. The van der Waals surface area contributed by atoms with Gasteiger partial charge in [-0.15, -0.1) is 0 Å². The normalized spacial score (nSPS) is 29.1. The van der Waals surface area contributed by atoms with E-state index >= 15 is 0 Å². The lowest BCUT2D eigenvalue weighted by molar-refractivity contribution is -0.142. The van der Waals surface area contributed by atoms with Crippen LogP contribution in [0.1, 0.15) is 64.7 Å². The van der Waals surface area contributed by atoms with Gasteiger partial charge in [0.15, 0.2) is 0 Å². The van der Waals surface area contributed by atoms with Gasteiger partial charge in [0.05, 0.1) is 5.92 Å². The molecule has 0 aromatic rings. The second kappa shape index (κ2) is 7.09. The zero-order valence-corrected chi connectivity index (χ0v) is 12.4. The van der Waals surface area contributed by atoms with E-state index in [1.807, 2.05) is 0 Å². The van der Waals surface area contributed by atoms with Crippen LogP contribution in [0.15, 0.2) is 0 Å². The second-order valence-corrected chi connectivity index (χ2v) is 6.63. The predicted molar refractivity (Wildman–Crippen MR) is 77.3 cm³/mol. The van der Waals surface area contributed by atoms with E-state index in [4.69, 9.17) is 5.11 Å².